The van der Waals surface area contributed by atoms with Gasteiger partial charge < -0.3 is 10.5 Å². The first-order valence-corrected chi connectivity index (χ1v) is 6.72. The van der Waals surface area contributed by atoms with E-state index in [1.807, 2.05) is 19.1 Å². The maximum Gasteiger partial charge on any atom is 0.273 e. The molecule has 2 aromatic rings. The lowest BCUT2D eigenvalue weighted by Gasteiger charge is -2.12. The topological polar surface area (TPSA) is 78.4 Å². The number of halogens is 1. The molecule has 0 amide bonds. The molecule has 2 N–H and O–H groups in total. The summed E-state index contributed by atoms with van der Waals surface area (Å²) in [6.45, 7) is 2.16. The Morgan fingerprint density at radius 3 is 2.65 bits per heavy atom. The number of aryl methyl sites for hydroxylation is 1. The summed E-state index contributed by atoms with van der Waals surface area (Å²) in [6.07, 6.45) is 0. The summed E-state index contributed by atoms with van der Waals surface area (Å²) in [5.41, 5.74) is 7.32. The van der Waals surface area contributed by atoms with E-state index < -0.39 is 4.92 Å². The summed E-state index contributed by atoms with van der Waals surface area (Å²) >= 11 is 3.37. The monoisotopic (exact) mass is 336 g/mol. The Hall–Kier alpha value is -1.92. The number of nitrogens with zero attached hydrogens (tertiary/aromatic N) is 1. The van der Waals surface area contributed by atoms with Gasteiger partial charge >= 0.3 is 0 Å². The fourth-order valence-corrected chi connectivity index (χ4v) is 2.15. The van der Waals surface area contributed by atoms with Crippen LogP contribution >= 0.6 is 15.9 Å². The highest BCUT2D eigenvalue weighted by atomic mass is 79.9. The highest BCUT2D eigenvalue weighted by Crippen LogP contribution is 2.32. The molecule has 2 rings (SSSR count). The number of nitrogens with two attached hydrogens (primary N) is 1. The van der Waals surface area contributed by atoms with Crippen LogP contribution in [0.15, 0.2) is 40.9 Å². The van der Waals surface area contributed by atoms with E-state index in [4.69, 9.17) is 10.5 Å². The standard InChI is InChI=1S/C14H13BrN2O3/c1-9-2-4-12(17(18)19)7-14(9)20-13-5-3-11(15)6-10(13)8-16/h2-7H,8,16H2,1H3. The molecule has 0 aliphatic rings. The van der Waals surface area contributed by atoms with Crippen molar-refractivity contribution in [2.24, 2.45) is 5.73 Å². The first kappa shape index (κ1) is 14.5. The van der Waals surface area contributed by atoms with E-state index in [0.29, 0.717) is 18.0 Å². The molecule has 2 aromatic carbocycles. The van der Waals surface area contributed by atoms with Crippen molar-refractivity contribution >= 4 is 21.6 Å². The van der Waals surface area contributed by atoms with Gasteiger partial charge in [-0.05, 0) is 36.8 Å². The number of non-ortho nitro benzene ring substituents is 1. The van der Waals surface area contributed by atoms with E-state index >= 15 is 0 Å². The molecular weight excluding hydrogens is 324 g/mol. The molecule has 0 radical (unpaired) electrons. The Balaban J connectivity index is 2.39. The fourth-order valence-electron chi connectivity index (χ4n) is 1.74. The Kier molecular flexibility index (Phi) is 4.36. The van der Waals surface area contributed by atoms with Crippen molar-refractivity contribution in [3.05, 3.63) is 62.1 Å². The predicted octanol–water partition coefficient (Wildman–Crippen LogP) is 3.92. The number of benzene rings is 2. The van der Waals surface area contributed by atoms with Crippen LogP contribution in [-0.2, 0) is 6.54 Å². The summed E-state index contributed by atoms with van der Waals surface area (Å²) in [4.78, 5) is 10.4. The van der Waals surface area contributed by atoms with Crippen molar-refractivity contribution in [1.29, 1.82) is 0 Å². The van der Waals surface area contributed by atoms with Crippen molar-refractivity contribution in [3.63, 3.8) is 0 Å². The van der Waals surface area contributed by atoms with Crippen molar-refractivity contribution in [1.82, 2.24) is 0 Å². The highest BCUT2D eigenvalue weighted by molar-refractivity contribution is 9.10. The van der Waals surface area contributed by atoms with Crippen LogP contribution in [0.25, 0.3) is 0 Å². The van der Waals surface area contributed by atoms with Gasteiger partial charge in [0.15, 0.2) is 0 Å². The minimum absolute atomic E-state index is 0.00277. The first-order valence-electron chi connectivity index (χ1n) is 5.92. The third kappa shape index (κ3) is 3.15. The number of ether oxygens (including phenoxy) is 1. The summed E-state index contributed by atoms with van der Waals surface area (Å²) in [5, 5.41) is 10.8. The molecule has 0 spiro atoms. The highest BCUT2D eigenvalue weighted by Gasteiger charge is 2.12. The van der Waals surface area contributed by atoms with Crippen molar-refractivity contribution in [2.75, 3.05) is 0 Å². The maximum atomic E-state index is 10.8. The lowest BCUT2D eigenvalue weighted by molar-refractivity contribution is -0.384. The molecule has 0 heterocycles. The van der Waals surface area contributed by atoms with Gasteiger partial charge in [-0.1, -0.05) is 15.9 Å². The first-order chi connectivity index (χ1) is 9.51. The number of nitro benzene ring substituents is 1. The summed E-state index contributed by atoms with van der Waals surface area (Å²) in [5.74, 6) is 1.05. The molecule has 104 valence electrons. The van der Waals surface area contributed by atoms with Crippen LogP contribution in [0.5, 0.6) is 11.5 Å². The largest absolute Gasteiger partial charge is 0.456 e. The van der Waals surface area contributed by atoms with Crippen LogP contribution in [0.1, 0.15) is 11.1 Å². The van der Waals surface area contributed by atoms with Gasteiger partial charge in [0.05, 0.1) is 11.0 Å². The lowest BCUT2D eigenvalue weighted by atomic mass is 10.2. The molecule has 20 heavy (non-hydrogen) atoms. The van der Waals surface area contributed by atoms with Crippen LogP contribution in [-0.4, -0.2) is 4.92 Å². The number of rotatable bonds is 4. The SMILES string of the molecule is Cc1ccc([N+](=O)[O-])cc1Oc1ccc(Br)cc1CN. The molecule has 0 unspecified atom stereocenters. The average molecular weight is 337 g/mol. The molecule has 0 aliphatic heterocycles. The molecule has 0 saturated carbocycles. The van der Waals surface area contributed by atoms with Crippen molar-refractivity contribution in [3.8, 4) is 11.5 Å². The van der Waals surface area contributed by atoms with Gasteiger partial charge in [0.25, 0.3) is 5.69 Å². The van der Waals surface area contributed by atoms with Gasteiger partial charge in [-0.3, -0.25) is 10.1 Å². The van der Waals surface area contributed by atoms with E-state index in [1.165, 1.54) is 12.1 Å². The maximum absolute atomic E-state index is 10.8. The zero-order valence-electron chi connectivity index (χ0n) is 10.8. The third-order valence-corrected chi connectivity index (χ3v) is 3.34. The van der Waals surface area contributed by atoms with E-state index in [1.54, 1.807) is 12.1 Å². The van der Waals surface area contributed by atoms with Gasteiger partial charge in [0.1, 0.15) is 11.5 Å². The van der Waals surface area contributed by atoms with E-state index in [9.17, 15) is 10.1 Å². The molecule has 0 aliphatic carbocycles. The van der Waals surface area contributed by atoms with Crippen LogP contribution < -0.4 is 10.5 Å². The van der Waals surface area contributed by atoms with Gasteiger partial charge in [-0.2, -0.15) is 0 Å². The summed E-state index contributed by atoms with van der Waals surface area (Å²) in [6, 6.07) is 10.0. The quantitative estimate of drug-likeness (QED) is 0.677. The number of hydrogen-bond donors (Lipinski definition) is 1. The smallest absolute Gasteiger partial charge is 0.273 e. The van der Waals surface area contributed by atoms with Crippen molar-refractivity contribution in [2.45, 2.75) is 13.5 Å². The predicted molar refractivity (Wildman–Crippen MR) is 79.9 cm³/mol. The van der Waals surface area contributed by atoms with Gasteiger partial charge in [0.2, 0.25) is 0 Å². The van der Waals surface area contributed by atoms with Crippen LogP contribution in [0, 0.1) is 17.0 Å². The van der Waals surface area contributed by atoms with Crippen LogP contribution in [0.2, 0.25) is 0 Å². The zero-order valence-corrected chi connectivity index (χ0v) is 12.4. The molecule has 0 aromatic heterocycles. The molecule has 0 bridgehead atoms. The zero-order chi connectivity index (χ0) is 14.7. The van der Waals surface area contributed by atoms with Crippen LogP contribution in [0.3, 0.4) is 0 Å². The third-order valence-electron chi connectivity index (χ3n) is 2.84. The Morgan fingerprint density at radius 1 is 1.25 bits per heavy atom. The Bertz CT molecular complexity index is 659. The Labute approximate surface area is 124 Å². The fraction of sp³-hybridized carbons (Fsp3) is 0.143. The summed E-state index contributed by atoms with van der Waals surface area (Å²) < 4.78 is 6.68. The normalized spacial score (nSPS) is 10.3. The molecule has 0 fully saturated rings. The van der Waals surface area contributed by atoms with Gasteiger partial charge in [0, 0.05) is 22.6 Å². The molecule has 5 nitrogen and oxygen atoms in total. The van der Waals surface area contributed by atoms with E-state index in [2.05, 4.69) is 15.9 Å². The minimum atomic E-state index is -0.447. The van der Waals surface area contributed by atoms with Crippen molar-refractivity contribution < 1.29 is 9.66 Å². The minimum Gasteiger partial charge on any atom is -0.456 e. The second-order valence-corrected chi connectivity index (χ2v) is 5.18. The molecule has 0 atom stereocenters. The van der Waals surface area contributed by atoms with E-state index in [0.717, 1.165) is 15.6 Å². The number of nitro groups is 1. The average Bonchev–Trinajstić information content (AvgIpc) is 2.42. The Morgan fingerprint density at radius 2 is 2.00 bits per heavy atom. The van der Waals surface area contributed by atoms with Gasteiger partial charge in [-0.25, -0.2) is 0 Å². The second-order valence-electron chi connectivity index (χ2n) is 4.27. The summed E-state index contributed by atoms with van der Waals surface area (Å²) in [7, 11) is 0. The molecule has 6 heteroatoms. The molecule has 0 saturated heterocycles. The van der Waals surface area contributed by atoms with Gasteiger partial charge in [-0.15, -0.1) is 0 Å². The number of hydrogen-bond acceptors (Lipinski definition) is 4. The second kappa shape index (κ2) is 6.02. The van der Waals surface area contributed by atoms with E-state index in [-0.39, 0.29) is 5.69 Å². The lowest BCUT2D eigenvalue weighted by Crippen LogP contribution is -2.00. The van der Waals surface area contributed by atoms with Crippen LogP contribution in [0.4, 0.5) is 5.69 Å². The molecular formula is C14H13BrN2O3.